The predicted molar refractivity (Wildman–Crippen MR) is 148 cm³/mol. The summed E-state index contributed by atoms with van der Waals surface area (Å²) in [7, 11) is 0. The number of Topliss-reactive ketones (excluding diaryl/α,β-unsaturated/α-hetero) is 1. The predicted octanol–water partition coefficient (Wildman–Crippen LogP) is 5.63. The number of nitrogens with zero attached hydrogens (tertiary/aromatic N) is 1. The molecule has 8 heteroatoms. The molecule has 0 saturated carbocycles. The van der Waals surface area contributed by atoms with Crippen LogP contribution in [0.3, 0.4) is 0 Å². The summed E-state index contributed by atoms with van der Waals surface area (Å²) >= 11 is 6.25. The second-order valence-corrected chi connectivity index (χ2v) is 10.4. The number of fused-ring (bicyclic) bond motifs is 1. The van der Waals surface area contributed by atoms with Crippen molar-refractivity contribution in [3.8, 4) is 0 Å². The summed E-state index contributed by atoms with van der Waals surface area (Å²) in [6, 6.07) is 17.8. The van der Waals surface area contributed by atoms with Gasteiger partial charge in [-0.2, -0.15) is 0 Å². The van der Waals surface area contributed by atoms with Crippen molar-refractivity contribution in [1.29, 1.82) is 0 Å². The summed E-state index contributed by atoms with van der Waals surface area (Å²) < 4.78 is 5.75. The number of rotatable bonds is 6. The van der Waals surface area contributed by atoms with E-state index in [9.17, 15) is 19.2 Å². The average molecular weight is 531 g/mol. The summed E-state index contributed by atoms with van der Waals surface area (Å²) in [5.74, 6) is -2.51. The van der Waals surface area contributed by atoms with Gasteiger partial charge < -0.3 is 9.73 Å². The Morgan fingerprint density at radius 3 is 2.32 bits per heavy atom. The van der Waals surface area contributed by atoms with E-state index in [1.54, 1.807) is 75.4 Å². The van der Waals surface area contributed by atoms with Crippen LogP contribution in [0, 0.1) is 6.92 Å². The highest BCUT2D eigenvalue weighted by Crippen LogP contribution is 2.31. The van der Waals surface area contributed by atoms with Gasteiger partial charge in [-0.05, 0) is 58.0 Å². The Kier molecular flexibility index (Phi) is 7.51. The molecular weight excluding hydrogens is 504 g/mol. The van der Waals surface area contributed by atoms with E-state index < -0.39 is 34.6 Å². The molecule has 7 nitrogen and oxygen atoms in total. The third kappa shape index (κ3) is 5.68. The Hall–Kier alpha value is -4.23. The van der Waals surface area contributed by atoms with E-state index in [0.29, 0.717) is 5.58 Å². The molecule has 0 saturated heterocycles. The van der Waals surface area contributed by atoms with Crippen molar-refractivity contribution in [2.45, 2.75) is 39.3 Å². The van der Waals surface area contributed by atoms with Crippen LogP contribution in [0.25, 0.3) is 11.0 Å². The van der Waals surface area contributed by atoms with Crippen molar-refractivity contribution >= 4 is 45.9 Å². The van der Waals surface area contributed by atoms with Gasteiger partial charge >= 0.3 is 0 Å². The van der Waals surface area contributed by atoms with Gasteiger partial charge in [-0.15, -0.1) is 0 Å². The molecule has 1 heterocycles. The third-order valence-corrected chi connectivity index (χ3v) is 6.02. The molecular formula is C30H27ClN2O5. The minimum Gasteiger partial charge on any atom is -0.464 e. The molecule has 0 radical (unpaired) electrons. The first-order chi connectivity index (χ1) is 18.0. The molecule has 1 unspecified atom stereocenters. The van der Waals surface area contributed by atoms with E-state index in [1.807, 2.05) is 6.92 Å². The maximum Gasteiger partial charge on any atom is 0.300 e. The highest BCUT2D eigenvalue weighted by molar-refractivity contribution is 6.47. The quantitative estimate of drug-likeness (QED) is 0.257. The van der Waals surface area contributed by atoms with Crippen LogP contribution in [0.15, 0.2) is 88.3 Å². The van der Waals surface area contributed by atoms with Crippen LogP contribution in [0.1, 0.15) is 48.3 Å². The molecule has 1 N–H and O–H groups in total. The van der Waals surface area contributed by atoms with Crippen LogP contribution >= 0.6 is 11.6 Å². The van der Waals surface area contributed by atoms with Crippen molar-refractivity contribution < 1.29 is 18.8 Å². The van der Waals surface area contributed by atoms with Crippen molar-refractivity contribution in [2.75, 3.05) is 4.90 Å². The van der Waals surface area contributed by atoms with E-state index in [2.05, 4.69) is 5.32 Å². The number of anilines is 1. The lowest BCUT2D eigenvalue weighted by atomic mass is 9.99. The minimum absolute atomic E-state index is 0.0981. The molecule has 0 fully saturated rings. The molecule has 0 aliphatic heterocycles. The number of amides is 2. The number of nitrogens with one attached hydrogen (secondary N) is 1. The molecule has 194 valence electrons. The number of ketones is 1. The standard InChI is InChI=1S/C30H27ClN2O5/c1-18-13-14-24-22(15-18)27(35)23(17-38-24)25(28(36)32-30(2,3)4)33(21-12-8-11-20(31)16-21)29(37)26(34)19-9-6-5-7-10-19/h5-17,25H,1-4H3,(H,32,36). The summed E-state index contributed by atoms with van der Waals surface area (Å²) in [6.07, 6.45) is 1.17. The van der Waals surface area contributed by atoms with Gasteiger partial charge in [0.05, 0.1) is 10.9 Å². The van der Waals surface area contributed by atoms with Gasteiger partial charge in [-0.3, -0.25) is 24.1 Å². The van der Waals surface area contributed by atoms with E-state index in [4.69, 9.17) is 16.0 Å². The first kappa shape index (κ1) is 26.8. The van der Waals surface area contributed by atoms with Crippen molar-refractivity contribution in [2.24, 2.45) is 0 Å². The molecule has 0 bridgehead atoms. The monoisotopic (exact) mass is 530 g/mol. The normalized spacial score (nSPS) is 12.1. The lowest BCUT2D eigenvalue weighted by Crippen LogP contribution is -2.51. The summed E-state index contributed by atoms with van der Waals surface area (Å²) in [5.41, 5.74) is 0.162. The number of carbonyl (C=O) groups excluding carboxylic acids is 3. The minimum atomic E-state index is -1.53. The highest BCUT2D eigenvalue weighted by atomic mass is 35.5. The van der Waals surface area contributed by atoms with Crippen LogP contribution in [0.2, 0.25) is 5.02 Å². The molecule has 1 atom stereocenters. The Morgan fingerprint density at radius 2 is 1.66 bits per heavy atom. The summed E-state index contributed by atoms with van der Waals surface area (Å²) in [6.45, 7) is 7.15. The topological polar surface area (TPSA) is 96.7 Å². The number of aryl methyl sites for hydroxylation is 1. The van der Waals surface area contributed by atoms with Crippen molar-refractivity contribution in [3.63, 3.8) is 0 Å². The van der Waals surface area contributed by atoms with E-state index >= 15 is 0 Å². The maximum absolute atomic E-state index is 13.9. The molecule has 4 rings (SSSR count). The number of benzene rings is 3. The van der Waals surface area contributed by atoms with Crippen molar-refractivity contribution in [1.82, 2.24) is 5.32 Å². The third-order valence-electron chi connectivity index (χ3n) is 5.79. The molecule has 3 aromatic carbocycles. The molecule has 38 heavy (non-hydrogen) atoms. The number of carbonyl (C=O) groups is 3. The second-order valence-electron chi connectivity index (χ2n) is 10.0. The maximum atomic E-state index is 13.9. The zero-order chi connectivity index (χ0) is 27.6. The number of hydrogen-bond donors (Lipinski definition) is 1. The fourth-order valence-corrected chi connectivity index (χ4v) is 4.30. The molecule has 1 aromatic heterocycles. The van der Waals surface area contributed by atoms with Gasteiger partial charge in [0, 0.05) is 21.8 Å². The number of hydrogen-bond acceptors (Lipinski definition) is 5. The highest BCUT2D eigenvalue weighted by Gasteiger charge is 2.39. The Morgan fingerprint density at radius 1 is 0.947 bits per heavy atom. The summed E-state index contributed by atoms with van der Waals surface area (Å²) in [5, 5.41) is 3.38. The van der Waals surface area contributed by atoms with Gasteiger partial charge in [0.1, 0.15) is 17.9 Å². The van der Waals surface area contributed by atoms with Gasteiger partial charge in [0.15, 0.2) is 5.43 Å². The van der Waals surface area contributed by atoms with Gasteiger partial charge in [-0.1, -0.05) is 59.6 Å². The fourth-order valence-electron chi connectivity index (χ4n) is 4.12. The molecule has 0 spiro atoms. The average Bonchev–Trinajstić information content (AvgIpc) is 2.87. The van der Waals surface area contributed by atoms with Crippen molar-refractivity contribution in [3.05, 3.63) is 111 Å². The Bertz CT molecular complexity index is 1590. The van der Waals surface area contributed by atoms with Gasteiger partial charge in [0.25, 0.3) is 11.7 Å². The first-order valence-corrected chi connectivity index (χ1v) is 12.4. The lowest BCUT2D eigenvalue weighted by molar-refractivity contribution is -0.126. The smallest absolute Gasteiger partial charge is 0.300 e. The number of halogens is 1. The zero-order valence-electron chi connectivity index (χ0n) is 21.4. The molecule has 2 amide bonds. The van der Waals surface area contributed by atoms with E-state index in [-0.39, 0.29) is 27.2 Å². The van der Waals surface area contributed by atoms with Crippen LogP contribution in [0.4, 0.5) is 5.69 Å². The van der Waals surface area contributed by atoms with Crippen LogP contribution < -0.4 is 15.6 Å². The van der Waals surface area contributed by atoms with Crippen LogP contribution in [-0.4, -0.2) is 23.1 Å². The van der Waals surface area contributed by atoms with E-state index in [1.165, 1.54) is 24.5 Å². The SMILES string of the molecule is Cc1ccc2occ(C(C(=O)NC(C)(C)C)N(C(=O)C(=O)c3ccccc3)c3cccc(Cl)c3)c(=O)c2c1. The lowest BCUT2D eigenvalue weighted by Gasteiger charge is -2.33. The van der Waals surface area contributed by atoms with E-state index in [0.717, 1.165) is 10.5 Å². The molecule has 4 aromatic rings. The van der Waals surface area contributed by atoms with Gasteiger partial charge in [0.2, 0.25) is 5.91 Å². The second kappa shape index (κ2) is 10.6. The molecule has 0 aliphatic rings. The fraction of sp³-hybridized carbons (Fsp3) is 0.200. The zero-order valence-corrected chi connectivity index (χ0v) is 22.2. The van der Waals surface area contributed by atoms with Gasteiger partial charge in [-0.25, -0.2) is 0 Å². The van der Waals surface area contributed by atoms with Crippen LogP contribution in [0.5, 0.6) is 0 Å². The summed E-state index contributed by atoms with van der Waals surface area (Å²) in [4.78, 5) is 55.9. The largest absolute Gasteiger partial charge is 0.464 e. The van der Waals surface area contributed by atoms with Crippen LogP contribution in [-0.2, 0) is 9.59 Å². The molecule has 0 aliphatic carbocycles. The first-order valence-electron chi connectivity index (χ1n) is 12.0. The Labute approximate surface area is 225 Å². The Balaban J connectivity index is 1.98.